The van der Waals surface area contributed by atoms with Gasteiger partial charge in [-0.05, 0) is 17.1 Å². The van der Waals surface area contributed by atoms with Crippen LogP contribution in [0.5, 0.6) is 5.88 Å². The van der Waals surface area contributed by atoms with Crippen molar-refractivity contribution in [1.82, 2.24) is 4.98 Å². The lowest BCUT2D eigenvalue weighted by atomic mass is 10.1. The van der Waals surface area contributed by atoms with Gasteiger partial charge in [-0.2, -0.15) is 13.2 Å². The average molecular weight is 243 g/mol. The molecule has 0 aliphatic heterocycles. The summed E-state index contributed by atoms with van der Waals surface area (Å²) in [5.41, 5.74) is -0.863. The first-order valence-electron chi connectivity index (χ1n) is 4.87. The average Bonchev–Trinajstić information content (AvgIpc) is 2.25. The SMILES string of the molecule is COc1[nH+]c(C)nc2c(C(F)(F)F)cccc12. The van der Waals surface area contributed by atoms with Crippen LogP contribution in [0.15, 0.2) is 18.2 Å². The number of H-pyrrole nitrogens is 1. The van der Waals surface area contributed by atoms with Gasteiger partial charge in [-0.3, -0.25) is 0 Å². The van der Waals surface area contributed by atoms with Gasteiger partial charge in [0.15, 0.2) is 0 Å². The normalized spacial score (nSPS) is 11.8. The van der Waals surface area contributed by atoms with Crippen molar-refractivity contribution in [3.63, 3.8) is 0 Å². The van der Waals surface area contributed by atoms with E-state index in [0.29, 0.717) is 11.2 Å². The molecule has 0 spiro atoms. The summed E-state index contributed by atoms with van der Waals surface area (Å²) in [6.07, 6.45) is -4.43. The molecule has 0 saturated carbocycles. The third kappa shape index (κ3) is 2.02. The first kappa shape index (κ1) is 11.6. The first-order valence-corrected chi connectivity index (χ1v) is 4.87. The zero-order valence-electron chi connectivity index (χ0n) is 9.22. The quantitative estimate of drug-likeness (QED) is 0.771. The van der Waals surface area contributed by atoms with E-state index in [1.54, 1.807) is 6.92 Å². The van der Waals surface area contributed by atoms with E-state index in [0.717, 1.165) is 6.07 Å². The molecular weight excluding hydrogens is 233 g/mol. The van der Waals surface area contributed by atoms with Crippen molar-refractivity contribution in [2.24, 2.45) is 0 Å². The molecule has 2 rings (SSSR count). The van der Waals surface area contributed by atoms with E-state index < -0.39 is 11.7 Å². The van der Waals surface area contributed by atoms with Crippen molar-refractivity contribution in [1.29, 1.82) is 0 Å². The minimum absolute atomic E-state index is 0.104. The van der Waals surface area contributed by atoms with E-state index in [9.17, 15) is 13.2 Å². The zero-order chi connectivity index (χ0) is 12.6. The Morgan fingerprint density at radius 3 is 2.59 bits per heavy atom. The number of nitrogens with one attached hydrogen (secondary N) is 1. The first-order chi connectivity index (χ1) is 7.93. The molecular formula is C11H10F3N2O+. The second-order valence-electron chi connectivity index (χ2n) is 3.55. The van der Waals surface area contributed by atoms with Crippen molar-refractivity contribution in [3.8, 4) is 5.88 Å². The smallest absolute Gasteiger partial charge is 0.420 e. The van der Waals surface area contributed by atoms with Crippen molar-refractivity contribution in [3.05, 3.63) is 29.6 Å². The lowest BCUT2D eigenvalue weighted by molar-refractivity contribution is -0.404. The van der Waals surface area contributed by atoms with E-state index in [4.69, 9.17) is 4.74 Å². The van der Waals surface area contributed by atoms with Gasteiger partial charge in [0.1, 0.15) is 10.9 Å². The van der Waals surface area contributed by atoms with Crippen molar-refractivity contribution >= 4 is 10.9 Å². The molecule has 90 valence electrons. The van der Waals surface area contributed by atoms with Gasteiger partial charge in [-0.15, -0.1) is 0 Å². The van der Waals surface area contributed by atoms with E-state index in [2.05, 4.69) is 9.97 Å². The highest BCUT2D eigenvalue weighted by Crippen LogP contribution is 2.35. The van der Waals surface area contributed by atoms with E-state index in [1.165, 1.54) is 19.2 Å². The molecule has 1 heterocycles. The predicted octanol–water partition coefficient (Wildman–Crippen LogP) is 2.38. The maximum absolute atomic E-state index is 12.8. The van der Waals surface area contributed by atoms with Crippen LogP contribution in [-0.2, 0) is 6.18 Å². The van der Waals surface area contributed by atoms with Crippen LogP contribution in [0.4, 0.5) is 13.2 Å². The van der Waals surface area contributed by atoms with Crippen LogP contribution in [-0.4, -0.2) is 12.1 Å². The van der Waals surface area contributed by atoms with Gasteiger partial charge >= 0.3 is 6.18 Å². The van der Waals surface area contributed by atoms with Gasteiger partial charge in [0.05, 0.1) is 7.11 Å². The van der Waals surface area contributed by atoms with Gasteiger partial charge in [0.25, 0.3) is 11.7 Å². The third-order valence-corrected chi connectivity index (χ3v) is 2.36. The second kappa shape index (κ2) is 3.87. The van der Waals surface area contributed by atoms with Crippen LogP contribution in [0.25, 0.3) is 10.9 Å². The van der Waals surface area contributed by atoms with E-state index in [-0.39, 0.29) is 11.4 Å². The van der Waals surface area contributed by atoms with Crippen LogP contribution in [0.1, 0.15) is 11.4 Å². The Balaban J connectivity index is 2.85. The molecule has 1 aromatic carbocycles. The number of ether oxygens (including phenoxy) is 1. The van der Waals surface area contributed by atoms with Crippen molar-refractivity contribution < 1.29 is 22.9 Å². The molecule has 0 amide bonds. The lowest BCUT2D eigenvalue weighted by Gasteiger charge is -2.07. The number of methoxy groups -OCH3 is 1. The van der Waals surface area contributed by atoms with E-state index >= 15 is 0 Å². The topological polar surface area (TPSA) is 36.3 Å². The van der Waals surface area contributed by atoms with Gasteiger partial charge in [0, 0.05) is 6.92 Å². The molecule has 0 radical (unpaired) electrons. The highest BCUT2D eigenvalue weighted by molar-refractivity contribution is 5.85. The Morgan fingerprint density at radius 1 is 1.29 bits per heavy atom. The van der Waals surface area contributed by atoms with Gasteiger partial charge in [-0.25, -0.2) is 4.98 Å². The zero-order valence-corrected chi connectivity index (χ0v) is 9.22. The fourth-order valence-corrected chi connectivity index (χ4v) is 1.66. The Labute approximate surface area is 95.3 Å². The number of fused-ring (bicyclic) bond motifs is 1. The number of hydrogen-bond donors (Lipinski definition) is 0. The molecule has 0 aliphatic rings. The summed E-state index contributed by atoms with van der Waals surface area (Å²) in [7, 11) is 1.39. The van der Waals surface area contributed by atoms with Crippen LogP contribution in [0.3, 0.4) is 0 Å². The van der Waals surface area contributed by atoms with Crippen molar-refractivity contribution in [2.45, 2.75) is 13.1 Å². The number of aryl methyl sites for hydroxylation is 1. The number of rotatable bonds is 1. The standard InChI is InChI=1S/C11H9F3N2O/c1-6-15-9-7(10(16-6)17-2)4-3-5-8(9)11(12,13)14/h3-5H,1-2H3/p+1. The number of halogens is 3. The summed E-state index contributed by atoms with van der Waals surface area (Å²) in [5.74, 6) is 0.643. The molecule has 2 aromatic rings. The Kier molecular flexibility index (Phi) is 2.65. The third-order valence-electron chi connectivity index (χ3n) is 2.36. The van der Waals surface area contributed by atoms with Gasteiger partial charge < -0.3 is 4.74 Å². The summed E-state index contributed by atoms with van der Waals surface area (Å²) in [5, 5.41) is 0.313. The summed E-state index contributed by atoms with van der Waals surface area (Å²) < 4.78 is 43.4. The van der Waals surface area contributed by atoms with Crippen LogP contribution in [0.2, 0.25) is 0 Å². The Hall–Kier alpha value is -1.85. The lowest BCUT2D eigenvalue weighted by Crippen LogP contribution is -2.16. The molecule has 1 N–H and O–H groups in total. The summed E-state index contributed by atoms with van der Waals surface area (Å²) in [4.78, 5) is 6.67. The van der Waals surface area contributed by atoms with E-state index in [1.807, 2.05) is 0 Å². The number of benzene rings is 1. The second-order valence-corrected chi connectivity index (χ2v) is 3.55. The van der Waals surface area contributed by atoms with Crippen molar-refractivity contribution in [2.75, 3.05) is 7.11 Å². The molecule has 0 bridgehead atoms. The highest BCUT2D eigenvalue weighted by Gasteiger charge is 2.36. The number of para-hydroxylation sites is 1. The predicted molar refractivity (Wildman–Crippen MR) is 54.6 cm³/mol. The van der Waals surface area contributed by atoms with Crippen LogP contribution < -0.4 is 9.72 Å². The summed E-state index contributed by atoms with van der Waals surface area (Å²) in [6.45, 7) is 1.58. The van der Waals surface area contributed by atoms with Crippen LogP contribution >= 0.6 is 0 Å². The molecule has 0 fully saturated rings. The molecule has 0 aliphatic carbocycles. The fourth-order valence-electron chi connectivity index (χ4n) is 1.66. The number of aromatic nitrogens is 2. The minimum Gasteiger partial charge on any atom is -0.465 e. The largest absolute Gasteiger partial charge is 0.465 e. The van der Waals surface area contributed by atoms with Gasteiger partial charge in [0.2, 0.25) is 5.52 Å². The Bertz CT molecular complexity index is 566. The number of hydrogen-bond acceptors (Lipinski definition) is 2. The number of alkyl halides is 3. The number of nitrogens with zero attached hydrogens (tertiary/aromatic N) is 1. The monoisotopic (exact) mass is 243 g/mol. The van der Waals surface area contributed by atoms with Crippen LogP contribution in [0, 0.1) is 6.92 Å². The molecule has 0 unspecified atom stereocenters. The molecule has 6 heteroatoms. The Morgan fingerprint density at radius 2 is 2.00 bits per heavy atom. The number of aromatic amines is 1. The highest BCUT2D eigenvalue weighted by atomic mass is 19.4. The minimum atomic E-state index is -4.43. The maximum atomic E-state index is 12.8. The summed E-state index contributed by atoms with van der Waals surface area (Å²) >= 11 is 0. The fraction of sp³-hybridized carbons (Fsp3) is 0.273. The van der Waals surface area contributed by atoms with Gasteiger partial charge in [-0.1, -0.05) is 6.07 Å². The molecule has 0 atom stereocenters. The summed E-state index contributed by atoms with van der Waals surface area (Å²) in [6, 6.07) is 3.87. The molecule has 1 aromatic heterocycles. The molecule has 0 saturated heterocycles. The molecule has 17 heavy (non-hydrogen) atoms. The molecule has 3 nitrogen and oxygen atoms in total. The maximum Gasteiger partial charge on any atom is 0.420 e.